The zero-order valence-corrected chi connectivity index (χ0v) is 7.82. The van der Waals surface area contributed by atoms with Gasteiger partial charge in [0.25, 0.3) is 0 Å². The van der Waals surface area contributed by atoms with Crippen LogP contribution in [0.15, 0.2) is 0 Å². The zero-order valence-electron chi connectivity index (χ0n) is 7.82. The van der Waals surface area contributed by atoms with Gasteiger partial charge in [-0.25, -0.2) is 10.1 Å². The molecule has 72 valence electrons. The van der Waals surface area contributed by atoms with E-state index in [2.05, 4.69) is 0 Å². The van der Waals surface area contributed by atoms with Crippen LogP contribution >= 0.6 is 0 Å². The van der Waals surface area contributed by atoms with Crippen molar-refractivity contribution in [2.75, 3.05) is 13.7 Å². The van der Waals surface area contributed by atoms with Crippen molar-refractivity contribution in [3.8, 4) is 0 Å². The van der Waals surface area contributed by atoms with Crippen molar-refractivity contribution in [1.29, 1.82) is 0 Å². The van der Waals surface area contributed by atoms with Crippen LogP contribution in [0.25, 0.3) is 0 Å². The number of methoxy groups -OCH3 is 1. The van der Waals surface area contributed by atoms with Crippen molar-refractivity contribution in [2.24, 2.45) is 0 Å². The first kappa shape index (κ1) is 11.2. The summed E-state index contributed by atoms with van der Waals surface area (Å²) in [5.41, 5.74) is 0. The van der Waals surface area contributed by atoms with E-state index in [1.165, 1.54) is 7.11 Å². The number of hydrogen-bond donors (Lipinski definition) is 0. The van der Waals surface area contributed by atoms with Gasteiger partial charge >= 0.3 is 0 Å². The van der Waals surface area contributed by atoms with E-state index in [0.29, 0.717) is 6.54 Å². The van der Waals surface area contributed by atoms with Gasteiger partial charge in [-0.2, -0.15) is 0 Å². The summed E-state index contributed by atoms with van der Waals surface area (Å²) in [6, 6.07) is 0. The Kier molecular flexibility index (Phi) is 5.36. The summed E-state index contributed by atoms with van der Waals surface area (Å²) in [6.45, 7) is 4.10. The minimum absolute atomic E-state index is 0.413. The monoisotopic (exact) mass is 176 g/mol. The minimum atomic E-state index is -0.452. The van der Waals surface area contributed by atoms with Gasteiger partial charge < -0.3 is 4.74 Å². The lowest BCUT2D eigenvalue weighted by Crippen LogP contribution is -2.39. The molecule has 0 aromatic rings. The molecule has 0 heterocycles. The first-order valence-corrected chi connectivity index (χ1v) is 4.07. The Morgan fingerprint density at radius 2 is 2.25 bits per heavy atom. The molecule has 0 aromatic heterocycles. The van der Waals surface area contributed by atoms with E-state index in [1.54, 1.807) is 6.92 Å². The molecule has 0 aliphatic carbocycles. The summed E-state index contributed by atoms with van der Waals surface area (Å²) < 4.78 is 4.85. The van der Waals surface area contributed by atoms with Crippen LogP contribution in [0.5, 0.6) is 0 Å². The van der Waals surface area contributed by atoms with Crippen molar-refractivity contribution in [2.45, 2.75) is 32.9 Å². The van der Waals surface area contributed by atoms with E-state index in [4.69, 9.17) is 4.74 Å². The Bertz CT molecular complexity index is 141. The lowest BCUT2D eigenvalue weighted by molar-refractivity contribution is -0.674. The molecule has 0 saturated heterocycles. The molecule has 12 heavy (non-hydrogen) atoms. The number of hydrogen-bond acceptors (Lipinski definition) is 3. The molecule has 1 atom stereocenters. The molecule has 0 radical (unpaired) electrons. The van der Waals surface area contributed by atoms with E-state index in [9.17, 15) is 10.1 Å². The highest BCUT2D eigenvalue weighted by Crippen LogP contribution is 2.02. The third kappa shape index (κ3) is 3.52. The average molecular weight is 176 g/mol. The fraction of sp³-hybridized carbons (Fsp3) is 1.00. The third-order valence-corrected chi connectivity index (χ3v) is 1.71. The van der Waals surface area contributed by atoms with Crippen molar-refractivity contribution in [3.63, 3.8) is 0 Å². The summed E-state index contributed by atoms with van der Waals surface area (Å²) in [5.74, 6) is 0. The molecule has 0 spiro atoms. The number of unbranched alkanes of at least 4 members (excludes halogenated alkanes) is 1. The predicted octanol–water partition coefficient (Wildman–Crippen LogP) is 1.27. The number of ether oxygens (including phenoxy) is 1. The van der Waals surface area contributed by atoms with Crippen LogP contribution in [0.2, 0.25) is 0 Å². The second-order valence-corrected chi connectivity index (χ2v) is 2.59. The van der Waals surface area contributed by atoms with Crippen molar-refractivity contribution < 1.29 is 9.77 Å². The summed E-state index contributed by atoms with van der Waals surface area (Å²) >= 11 is 0. The molecule has 0 aliphatic rings. The van der Waals surface area contributed by atoms with Crippen molar-refractivity contribution >= 4 is 0 Å². The molecule has 0 fully saturated rings. The maximum atomic E-state index is 10.5. The summed E-state index contributed by atoms with van der Waals surface area (Å²) in [7, 11) is 1.47. The van der Waals surface area contributed by atoms with Gasteiger partial charge in [0.2, 0.25) is 0 Å². The van der Waals surface area contributed by atoms with E-state index >= 15 is 0 Å². The van der Waals surface area contributed by atoms with Crippen molar-refractivity contribution in [1.82, 2.24) is 5.01 Å². The van der Waals surface area contributed by atoms with Crippen LogP contribution in [-0.4, -0.2) is 29.9 Å². The molecule has 0 bridgehead atoms. The fourth-order valence-electron chi connectivity index (χ4n) is 0.838. The number of nitrogens with zero attached hydrogens (tertiary/aromatic N) is 2. The molecule has 0 aromatic carbocycles. The summed E-state index contributed by atoms with van der Waals surface area (Å²) in [5, 5.41) is 11.1. The Hall–Kier alpha value is -0.840. The smallest absolute Gasteiger partial charge is 0.183 e. The molecule has 1 unspecified atom stereocenters. The Morgan fingerprint density at radius 1 is 1.67 bits per heavy atom. The predicted molar refractivity (Wildman–Crippen MR) is 45.1 cm³/mol. The number of rotatable bonds is 6. The van der Waals surface area contributed by atoms with E-state index < -0.39 is 11.3 Å². The minimum Gasteiger partial charge on any atom is -0.356 e. The zero-order chi connectivity index (χ0) is 9.56. The number of nitro groups is 1. The van der Waals surface area contributed by atoms with E-state index in [-0.39, 0.29) is 0 Å². The van der Waals surface area contributed by atoms with Gasteiger partial charge in [0.15, 0.2) is 11.3 Å². The van der Waals surface area contributed by atoms with Gasteiger partial charge in [-0.05, 0) is 13.3 Å². The lowest BCUT2D eigenvalue weighted by atomic mass is 10.3. The second-order valence-electron chi connectivity index (χ2n) is 2.59. The highest BCUT2D eigenvalue weighted by Gasteiger charge is 2.20. The Morgan fingerprint density at radius 3 is 2.58 bits per heavy atom. The Labute approximate surface area is 72.4 Å². The van der Waals surface area contributed by atoms with Crippen LogP contribution in [0, 0.1) is 10.1 Å². The lowest BCUT2D eigenvalue weighted by Gasteiger charge is -2.19. The average Bonchev–Trinajstić information content (AvgIpc) is 2.04. The van der Waals surface area contributed by atoms with Crippen molar-refractivity contribution in [3.05, 3.63) is 10.1 Å². The van der Waals surface area contributed by atoms with Gasteiger partial charge in [-0.1, -0.05) is 18.4 Å². The largest absolute Gasteiger partial charge is 0.356 e. The quantitative estimate of drug-likeness (QED) is 0.347. The van der Waals surface area contributed by atoms with Gasteiger partial charge in [-0.15, -0.1) is 0 Å². The van der Waals surface area contributed by atoms with Gasteiger partial charge in [0.1, 0.15) is 0 Å². The van der Waals surface area contributed by atoms with Gasteiger partial charge in [0, 0.05) is 7.11 Å². The molecule has 0 rings (SSSR count). The van der Waals surface area contributed by atoms with E-state index in [1.807, 2.05) is 6.92 Å². The Balaban J connectivity index is 3.94. The van der Waals surface area contributed by atoms with Gasteiger partial charge in [-0.3, -0.25) is 0 Å². The normalized spacial score (nSPS) is 12.6. The van der Waals surface area contributed by atoms with Crippen LogP contribution < -0.4 is 0 Å². The van der Waals surface area contributed by atoms with Crippen LogP contribution in [0.3, 0.4) is 0 Å². The molecule has 0 saturated carbocycles. The fourth-order valence-corrected chi connectivity index (χ4v) is 0.838. The molecule has 0 amide bonds. The topological polar surface area (TPSA) is 55.6 Å². The summed E-state index contributed by atoms with van der Waals surface area (Å²) in [6.07, 6.45) is 1.31. The summed E-state index contributed by atoms with van der Waals surface area (Å²) in [4.78, 5) is 10.5. The second kappa shape index (κ2) is 5.77. The third-order valence-electron chi connectivity index (χ3n) is 1.71. The van der Waals surface area contributed by atoms with E-state index in [0.717, 1.165) is 17.9 Å². The first-order valence-electron chi connectivity index (χ1n) is 4.07. The SMILES string of the molecule is CCCCN(C(C)OC)[N+](=O)[O-]. The standard InChI is InChI=1S/C7H16N2O3/c1-4-5-6-8(9(10)11)7(2)12-3/h7H,4-6H2,1-3H3. The van der Waals surface area contributed by atoms with Crippen LogP contribution in [0.1, 0.15) is 26.7 Å². The van der Waals surface area contributed by atoms with Gasteiger partial charge in [0.05, 0.1) is 6.54 Å². The van der Waals surface area contributed by atoms with Crippen LogP contribution in [-0.2, 0) is 4.74 Å². The van der Waals surface area contributed by atoms with Crippen LogP contribution in [0.4, 0.5) is 0 Å². The highest BCUT2D eigenvalue weighted by molar-refractivity contribution is 4.46. The molecule has 0 N–H and O–H groups in total. The molecular weight excluding hydrogens is 160 g/mol. The maximum absolute atomic E-state index is 10.5. The highest BCUT2D eigenvalue weighted by atomic mass is 16.7. The molecule has 0 aliphatic heterocycles. The first-order chi connectivity index (χ1) is 5.63. The molecule has 5 heteroatoms. The molecular formula is C7H16N2O3. The molecule has 5 nitrogen and oxygen atoms in total. The maximum Gasteiger partial charge on any atom is 0.183 e. The number of hydrazine groups is 1.